The summed E-state index contributed by atoms with van der Waals surface area (Å²) in [5.41, 5.74) is 1.66. The Morgan fingerprint density at radius 2 is 1.81 bits per heavy atom. The second kappa shape index (κ2) is 6.05. The molecule has 0 aromatic heterocycles. The summed E-state index contributed by atoms with van der Waals surface area (Å²) in [5, 5.41) is 3.57. The molecule has 0 atom stereocenters. The summed E-state index contributed by atoms with van der Waals surface area (Å²) in [7, 11) is -3.97. The molecule has 0 bridgehead atoms. The highest BCUT2D eigenvalue weighted by molar-refractivity contribution is 7.86. The minimum Gasteiger partial charge on any atom is -0.265 e. The predicted molar refractivity (Wildman–Crippen MR) is 78.1 cm³/mol. The lowest BCUT2D eigenvalue weighted by Crippen LogP contribution is -2.05. The summed E-state index contributed by atoms with van der Waals surface area (Å²) in [6, 6.07) is 11.9. The highest BCUT2D eigenvalue weighted by Gasteiger charge is 2.15. The number of halogens is 1. The van der Waals surface area contributed by atoms with Gasteiger partial charge in [0, 0.05) is 5.56 Å². The van der Waals surface area contributed by atoms with Crippen molar-refractivity contribution in [1.82, 2.24) is 0 Å². The zero-order valence-corrected chi connectivity index (χ0v) is 12.4. The Labute approximate surface area is 123 Å². The monoisotopic (exact) mass is 307 g/mol. The minimum absolute atomic E-state index is 0.0175. The highest BCUT2D eigenvalue weighted by atomic mass is 32.2. The third kappa shape index (κ3) is 3.88. The summed E-state index contributed by atoms with van der Waals surface area (Å²) < 4.78 is 41.6. The second-order valence-corrected chi connectivity index (χ2v) is 6.06. The van der Waals surface area contributed by atoms with Crippen molar-refractivity contribution < 1.29 is 17.1 Å². The van der Waals surface area contributed by atoms with E-state index in [4.69, 9.17) is 0 Å². The van der Waals surface area contributed by atoms with Crippen LogP contribution in [-0.2, 0) is 14.4 Å². The van der Waals surface area contributed by atoms with Gasteiger partial charge in [0.1, 0.15) is 10.7 Å². The molecule has 2 aromatic carbocycles. The van der Waals surface area contributed by atoms with Crippen molar-refractivity contribution in [1.29, 1.82) is 0 Å². The molecule has 0 saturated carbocycles. The van der Waals surface area contributed by atoms with Gasteiger partial charge in [0.15, 0.2) is 0 Å². The first-order chi connectivity index (χ1) is 9.88. The van der Waals surface area contributed by atoms with Crippen molar-refractivity contribution in [3.05, 3.63) is 65.5 Å². The fraction of sp³-hybridized carbons (Fsp3) is 0.133. The van der Waals surface area contributed by atoms with Crippen molar-refractivity contribution in [2.45, 2.75) is 18.7 Å². The SMILES string of the molecule is C/C(=N\OS(=O)(=O)c1ccc(C)cc1)c1cccc(F)c1. The highest BCUT2D eigenvalue weighted by Crippen LogP contribution is 2.14. The molecular weight excluding hydrogens is 293 g/mol. The van der Waals surface area contributed by atoms with Crippen LogP contribution >= 0.6 is 0 Å². The summed E-state index contributed by atoms with van der Waals surface area (Å²) in [5.74, 6) is -0.427. The third-order valence-electron chi connectivity index (χ3n) is 2.82. The van der Waals surface area contributed by atoms with Crippen LogP contribution in [0, 0.1) is 12.7 Å². The molecule has 4 nitrogen and oxygen atoms in total. The number of rotatable bonds is 4. The first kappa shape index (κ1) is 15.2. The van der Waals surface area contributed by atoms with E-state index in [1.165, 1.54) is 30.3 Å². The van der Waals surface area contributed by atoms with Gasteiger partial charge in [-0.2, -0.15) is 8.42 Å². The average molecular weight is 307 g/mol. The second-order valence-electron chi connectivity index (χ2n) is 4.53. The molecule has 6 heteroatoms. The van der Waals surface area contributed by atoms with E-state index < -0.39 is 15.9 Å². The zero-order chi connectivity index (χ0) is 15.5. The number of hydrogen-bond acceptors (Lipinski definition) is 4. The predicted octanol–water partition coefficient (Wildman–Crippen LogP) is 3.26. The summed E-state index contributed by atoms with van der Waals surface area (Å²) in [6.45, 7) is 3.39. The fourth-order valence-electron chi connectivity index (χ4n) is 1.62. The van der Waals surface area contributed by atoms with Gasteiger partial charge < -0.3 is 0 Å². The van der Waals surface area contributed by atoms with E-state index in [2.05, 4.69) is 9.44 Å². The lowest BCUT2D eigenvalue weighted by atomic mass is 10.1. The van der Waals surface area contributed by atoms with Gasteiger partial charge >= 0.3 is 10.1 Å². The fourth-order valence-corrected chi connectivity index (χ4v) is 2.38. The molecule has 0 heterocycles. The molecule has 0 fully saturated rings. The third-order valence-corrected chi connectivity index (χ3v) is 3.94. The van der Waals surface area contributed by atoms with Crippen LogP contribution in [0.25, 0.3) is 0 Å². The lowest BCUT2D eigenvalue weighted by molar-refractivity contribution is 0.339. The van der Waals surface area contributed by atoms with Crippen LogP contribution in [0.2, 0.25) is 0 Å². The largest absolute Gasteiger partial charge is 0.358 e. The molecule has 0 saturated heterocycles. The van der Waals surface area contributed by atoms with E-state index in [-0.39, 0.29) is 10.6 Å². The van der Waals surface area contributed by atoms with Crippen LogP contribution in [0.4, 0.5) is 4.39 Å². The van der Waals surface area contributed by atoms with Crippen molar-refractivity contribution in [2.24, 2.45) is 5.16 Å². The topological polar surface area (TPSA) is 55.7 Å². The maximum atomic E-state index is 13.1. The Morgan fingerprint density at radius 3 is 2.43 bits per heavy atom. The first-order valence-corrected chi connectivity index (χ1v) is 7.60. The van der Waals surface area contributed by atoms with Crippen molar-refractivity contribution in [3.8, 4) is 0 Å². The van der Waals surface area contributed by atoms with Gasteiger partial charge in [-0.05, 0) is 38.1 Å². The Kier molecular flexibility index (Phi) is 4.37. The minimum atomic E-state index is -3.97. The Morgan fingerprint density at radius 1 is 1.14 bits per heavy atom. The lowest BCUT2D eigenvalue weighted by Gasteiger charge is -2.04. The van der Waals surface area contributed by atoms with Gasteiger partial charge in [-0.15, -0.1) is 0 Å². The average Bonchev–Trinajstić information content (AvgIpc) is 2.45. The van der Waals surface area contributed by atoms with Crippen LogP contribution in [0.1, 0.15) is 18.1 Å². The van der Waals surface area contributed by atoms with Gasteiger partial charge in [0.05, 0.1) is 5.71 Å². The van der Waals surface area contributed by atoms with Crippen LogP contribution in [0.3, 0.4) is 0 Å². The molecule has 21 heavy (non-hydrogen) atoms. The number of nitrogens with zero attached hydrogens (tertiary/aromatic N) is 1. The Bertz CT molecular complexity index is 768. The van der Waals surface area contributed by atoms with E-state index in [0.717, 1.165) is 5.56 Å². The summed E-state index contributed by atoms with van der Waals surface area (Å²) in [4.78, 5) is 0.0175. The standard InChI is InChI=1S/C15H14FNO3S/c1-11-6-8-15(9-7-11)21(18,19)20-17-12(2)13-4-3-5-14(16)10-13/h3-10H,1-2H3/b17-12+. The Hall–Kier alpha value is -2.21. The van der Waals surface area contributed by atoms with Gasteiger partial charge in [0.2, 0.25) is 0 Å². The van der Waals surface area contributed by atoms with Crippen LogP contribution in [0.5, 0.6) is 0 Å². The van der Waals surface area contributed by atoms with E-state index in [1.807, 2.05) is 6.92 Å². The van der Waals surface area contributed by atoms with Gasteiger partial charge in [-0.3, -0.25) is 4.28 Å². The molecule has 0 radical (unpaired) electrons. The molecule has 0 unspecified atom stereocenters. The zero-order valence-electron chi connectivity index (χ0n) is 11.6. The number of aryl methyl sites for hydroxylation is 1. The van der Waals surface area contributed by atoms with Crippen LogP contribution in [0.15, 0.2) is 58.6 Å². The number of oxime groups is 1. The van der Waals surface area contributed by atoms with Gasteiger partial charge in [0.25, 0.3) is 0 Å². The molecular formula is C15H14FNO3S. The molecule has 0 aliphatic heterocycles. The maximum Gasteiger partial charge on any atom is 0.358 e. The van der Waals surface area contributed by atoms with E-state index in [9.17, 15) is 12.8 Å². The molecule has 2 aromatic rings. The van der Waals surface area contributed by atoms with E-state index in [1.54, 1.807) is 25.1 Å². The maximum absolute atomic E-state index is 13.1. The Balaban J connectivity index is 2.21. The van der Waals surface area contributed by atoms with Crippen molar-refractivity contribution in [3.63, 3.8) is 0 Å². The molecule has 0 aliphatic carbocycles. The molecule has 110 valence electrons. The molecule has 0 amide bonds. The van der Waals surface area contributed by atoms with Crippen LogP contribution < -0.4 is 0 Å². The molecule has 0 N–H and O–H groups in total. The first-order valence-electron chi connectivity index (χ1n) is 6.19. The van der Waals surface area contributed by atoms with E-state index in [0.29, 0.717) is 5.56 Å². The molecule has 0 aliphatic rings. The van der Waals surface area contributed by atoms with Crippen molar-refractivity contribution in [2.75, 3.05) is 0 Å². The van der Waals surface area contributed by atoms with Crippen LogP contribution in [-0.4, -0.2) is 14.1 Å². The summed E-state index contributed by atoms with van der Waals surface area (Å²) >= 11 is 0. The number of benzene rings is 2. The normalized spacial score (nSPS) is 12.2. The van der Waals surface area contributed by atoms with Gasteiger partial charge in [-0.1, -0.05) is 35.0 Å². The van der Waals surface area contributed by atoms with Gasteiger partial charge in [-0.25, -0.2) is 4.39 Å². The quantitative estimate of drug-likeness (QED) is 0.643. The smallest absolute Gasteiger partial charge is 0.265 e. The van der Waals surface area contributed by atoms with E-state index >= 15 is 0 Å². The van der Waals surface area contributed by atoms with Crippen molar-refractivity contribution >= 4 is 15.8 Å². The number of hydrogen-bond donors (Lipinski definition) is 0. The molecule has 2 rings (SSSR count). The molecule has 0 spiro atoms. The summed E-state index contributed by atoms with van der Waals surface area (Å²) in [6.07, 6.45) is 0.